The van der Waals surface area contributed by atoms with Gasteiger partial charge in [-0.25, -0.2) is 0 Å². The summed E-state index contributed by atoms with van der Waals surface area (Å²) in [5.74, 6) is 0.200. The first kappa shape index (κ1) is 21.7. The molecule has 1 fully saturated rings. The molecule has 7 heteroatoms. The maximum Gasteiger partial charge on any atom is 0.251 e. The lowest BCUT2D eigenvalue weighted by Gasteiger charge is -2.22. The van der Waals surface area contributed by atoms with E-state index in [1.54, 1.807) is 31.4 Å². The van der Waals surface area contributed by atoms with Crippen LogP contribution in [0.5, 0.6) is 5.75 Å². The highest BCUT2D eigenvalue weighted by Crippen LogP contribution is 2.24. The molecule has 0 heterocycles. The van der Waals surface area contributed by atoms with Gasteiger partial charge in [-0.2, -0.15) is 0 Å². The molecule has 28 heavy (non-hydrogen) atoms. The third kappa shape index (κ3) is 6.25. The van der Waals surface area contributed by atoms with Crippen LogP contribution >= 0.6 is 0 Å². The number of amides is 3. The Labute approximate surface area is 166 Å². The zero-order chi connectivity index (χ0) is 20.5. The number of methoxy groups -OCH3 is 1. The third-order valence-corrected chi connectivity index (χ3v) is 5.04. The Kier molecular flexibility index (Phi) is 8.29. The summed E-state index contributed by atoms with van der Waals surface area (Å²) in [7, 11) is 1.56. The summed E-state index contributed by atoms with van der Waals surface area (Å²) < 4.78 is 5.08. The molecular formula is C21H31N3O4. The van der Waals surface area contributed by atoms with E-state index in [4.69, 9.17) is 4.74 Å². The van der Waals surface area contributed by atoms with Gasteiger partial charge in [-0.3, -0.25) is 14.4 Å². The van der Waals surface area contributed by atoms with Crippen molar-refractivity contribution in [1.82, 2.24) is 16.0 Å². The normalized spacial score (nSPS) is 15.1. The zero-order valence-corrected chi connectivity index (χ0v) is 16.9. The first-order chi connectivity index (χ1) is 13.4. The van der Waals surface area contributed by atoms with E-state index < -0.39 is 6.04 Å². The summed E-state index contributed by atoms with van der Waals surface area (Å²) >= 11 is 0. The standard InChI is InChI=1S/C21H31N3O4/c1-14(2)18(24-20(26)16-8-10-17(28-3)11-9-16)21(27)23-13-12-22-19(25)15-6-4-5-7-15/h8-11,14-15,18H,4-7,12-13H2,1-3H3,(H,22,25)(H,23,27)(H,24,26). The average Bonchev–Trinajstić information content (AvgIpc) is 3.23. The lowest BCUT2D eigenvalue weighted by molar-refractivity contribution is -0.126. The van der Waals surface area contributed by atoms with Crippen molar-refractivity contribution >= 4 is 17.7 Å². The highest BCUT2D eigenvalue weighted by atomic mass is 16.5. The second-order valence-corrected chi connectivity index (χ2v) is 7.49. The van der Waals surface area contributed by atoms with E-state index in [0.29, 0.717) is 24.4 Å². The minimum Gasteiger partial charge on any atom is -0.497 e. The van der Waals surface area contributed by atoms with Crippen LogP contribution in [0.25, 0.3) is 0 Å². The molecule has 1 saturated carbocycles. The minimum absolute atomic E-state index is 0.0694. The number of carbonyl (C=O) groups excluding carboxylic acids is 3. The average molecular weight is 389 g/mol. The summed E-state index contributed by atoms with van der Waals surface area (Å²) in [5.41, 5.74) is 0.461. The first-order valence-electron chi connectivity index (χ1n) is 9.92. The highest BCUT2D eigenvalue weighted by molar-refractivity contribution is 5.97. The van der Waals surface area contributed by atoms with Crippen molar-refractivity contribution < 1.29 is 19.1 Å². The van der Waals surface area contributed by atoms with Crippen molar-refractivity contribution in [2.45, 2.75) is 45.6 Å². The molecule has 7 nitrogen and oxygen atoms in total. The van der Waals surface area contributed by atoms with Crippen LogP contribution in [0, 0.1) is 11.8 Å². The maximum absolute atomic E-state index is 12.5. The maximum atomic E-state index is 12.5. The SMILES string of the molecule is COc1ccc(C(=O)NC(C(=O)NCCNC(=O)C2CCCC2)C(C)C)cc1. The van der Waals surface area contributed by atoms with Crippen LogP contribution in [0.4, 0.5) is 0 Å². The number of rotatable bonds is 9. The molecule has 1 aliphatic rings. The largest absolute Gasteiger partial charge is 0.497 e. The second-order valence-electron chi connectivity index (χ2n) is 7.49. The number of hydrogen-bond donors (Lipinski definition) is 3. The molecule has 1 unspecified atom stereocenters. The summed E-state index contributed by atoms with van der Waals surface area (Å²) in [6, 6.07) is 6.06. The number of benzene rings is 1. The molecule has 0 spiro atoms. The predicted octanol–water partition coefficient (Wildman–Crippen LogP) is 1.87. The lowest BCUT2D eigenvalue weighted by Crippen LogP contribution is -2.51. The molecule has 0 aromatic heterocycles. The topological polar surface area (TPSA) is 96.5 Å². The number of nitrogens with one attached hydrogen (secondary N) is 3. The molecule has 0 aliphatic heterocycles. The Morgan fingerprint density at radius 1 is 1.04 bits per heavy atom. The van der Waals surface area contributed by atoms with Gasteiger partial charge in [-0.15, -0.1) is 0 Å². The van der Waals surface area contributed by atoms with Crippen LogP contribution in [-0.2, 0) is 9.59 Å². The molecule has 2 rings (SSSR count). The molecule has 1 aromatic carbocycles. The quantitative estimate of drug-likeness (QED) is 0.562. The Bertz CT molecular complexity index is 667. The fourth-order valence-electron chi connectivity index (χ4n) is 3.32. The van der Waals surface area contributed by atoms with E-state index in [0.717, 1.165) is 25.7 Å². The van der Waals surface area contributed by atoms with Crippen LogP contribution in [0.3, 0.4) is 0 Å². The van der Waals surface area contributed by atoms with E-state index in [2.05, 4.69) is 16.0 Å². The monoisotopic (exact) mass is 389 g/mol. The molecule has 0 bridgehead atoms. The first-order valence-corrected chi connectivity index (χ1v) is 9.92. The van der Waals surface area contributed by atoms with E-state index in [9.17, 15) is 14.4 Å². The molecule has 1 atom stereocenters. The Morgan fingerprint density at radius 2 is 1.64 bits per heavy atom. The van der Waals surface area contributed by atoms with Crippen LogP contribution in [-0.4, -0.2) is 44.0 Å². The van der Waals surface area contributed by atoms with Crippen molar-refractivity contribution in [2.75, 3.05) is 20.2 Å². The molecule has 1 aromatic rings. The molecule has 1 aliphatic carbocycles. The van der Waals surface area contributed by atoms with Gasteiger partial charge < -0.3 is 20.7 Å². The molecule has 3 N–H and O–H groups in total. The van der Waals surface area contributed by atoms with Gasteiger partial charge >= 0.3 is 0 Å². The van der Waals surface area contributed by atoms with Gasteiger partial charge in [0.2, 0.25) is 11.8 Å². The highest BCUT2D eigenvalue weighted by Gasteiger charge is 2.25. The van der Waals surface area contributed by atoms with Gasteiger partial charge in [0.05, 0.1) is 7.11 Å². The predicted molar refractivity (Wildman–Crippen MR) is 107 cm³/mol. The van der Waals surface area contributed by atoms with Gasteiger partial charge in [-0.1, -0.05) is 26.7 Å². The summed E-state index contributed by atoms with van der Waals surface area (Å²) in [4.78, 5) is 36.9. The minimum atomic E-state index is -0.653. The summed E-state index contributed by atoms with van der Waals surface area (Å²) in [6.45, 7) is 4.47. The van der Waals surface area contributed by atoms with Gasteiger partial charge in [0.1, 0.15) is 11.8 Å². The van der Waals surface area contributed by atoms with Gasteiger partial charge in [0, 0.05) is 24.6 Å². The smallest absolute Gasteiger partial charge is 0.251 e. The van der Waals surface area contributed by atoms with E-state index in [-0.39, 0.29) is 29.6 Å². The van der Waals surface area contributed by atoms with Crippen LogP contribution in [0.2, 0.25) is 0 Å². The summed E-state index contributed by atoms with van der Waals surface area (Å²) in [5, 5.41) is 8.45. The van der Waals surface area contributed by atoms with Crippen molar-refractivity contribution in [3.63, 3.8) is 0 Å². The molecular weight excluding hydrogens is 358 g/mol. The molecule has 0 radical (unpaired) electrons. The van der Waals surface area contributed by atoms with Crippen LogP contribution in [0.1, 0.15) is 49.9 Å². The third-order valence-electron chi connectivity index (χ3n) is 5.04. The summed E-state index contributed by atoms with van der Waals surface area (Å²) in [6.07, 6.45) is 4.12. The molecule has 3 amide bonds. The number of carbonyl (C=O) groups is 3. The van der Waals surface area contributed by atoms with Crippen LogP contribution < -0.4 is 20.7 Å². The Balaban J connectivity index is 1.80. The molecule has 154 valence electrons. The Morgan fingerprint density at radius 3 is 2.21 bits per heavy atom. The van der Waals surface area contributed by atoms with Crippen molar-refractivity contribution in [3.8, 4) is 5.75 Å². The van der Waals surface area contributed by atoms with Gasteiger partial charge in [0.25, 0.3) is 5.91 Å². The fraction of sp³-hybridized carbons (Fsp3) is 0.571. The van der Waals surface area contributed by atoms with E-state index in [1.165, 1.54) is 0 Å². The zero-order valence-electron chi connectivity index (χ0n) is 16.9. The van der Waals surface area contributed by atoms with Gasteiger partial charge in [-0.05, 0) is 43.0 Å². The second kappa shape index (κ2) is 10.7. The van der Waals surface area contributed by atoms with E-state index >= 15 is 0 Å². The van der Waals surface area contributed by atoms with Crippen molar-refractivity contribution in [1.29, 1.82) is 0 Å². The fourth-order valence-corrected chi connectivity index (χ4v) is 3.32. The van der Waals surface area contributed by atoms with Crippen molar-refractivity contribution in [3.05, 3.63) is 29.8 Å². The Hall–Kier alpha value is -2.57. The van der Waals surface area contributed by atoms with Crippen molar-refractivity contribution in [2.24, 2.45) is 11.8 Å². The van der Waals surface area contributed by atoms with Gasteiger partial charge in [0.15, 0.2) is 0 Å². The lowest BCUT2D eigenvalue weighted by atomic mass is 10.0. The van der Waals surface area contributed by atoms with Crippen LogP contribution in [0.15, 0.2) is 24.3 Å². The van der Waals surface area contributed by atoms with E-state index in [1.807, 2.05) is 13.8 Å². The number of hydrogen-bond acceptors (Lipinski definition) is 4. The molecule has 0 saturated heterocycles. The number of ether oxygens (including phenoxy) is 1.